The van der Waals surface area contributed by atoms with Gasteiger partial charge >= 0.3 is 0 Å². The van der Waals surface area contributed by atoms with Crippen LogP contribution in [0.15, 0.2) is 35.2 Å². The lowest BCUT2D eigenvalue weighted by Gasteiger charge is -2.35. The Balaban J connectivity index is 1.43. The number of sulfone groups is 1. The smallest absolute Gasteiger partial charge is 0.258 e. The van der Waals surface area contributed by atoms with E-state index in [0.717, 1.165) is 50.4 Å². The van der Waals surface area contributed by atoms with Crippen LogP contribution in [0.3, 0.4) is 0 Å². The van der Waals surface area contributed by atoms with Gasteiger partial charge in [-0.05, 0) is 80.8 Å². The number of aliphatic hydroxyl groups excluding tert-OH is 1. The average Bonchev–Trinajstić information content (AvgIpc) is 3.62. The lowest BCUT2D eigenvalue weighted by Crippen LogP contribution is -2.41. The average molecular weight is 529 g/mol. The van der Waals surface area contributed by atoms with Gasteiger partial charge in [0, 0.05) is 26.2 Å². The number of rotatable bonds is 7. The number of carbonyl (C=O) groups excluding carboxylic acids is 1. The first-order valence-corrected chi connectivity index (χ1v) is 14.7. The summed E-state index contributed by atoms with van der Waals surface area (Å²) in [6, 6.07) is 8.47. The zero-order chi connectivity index (χ0) is 26.2. The summed E-state index contributed by atoms with van der Waals surface area (Å²) in [5, 5.41) is 12.2. The predicted molar refractivity (Wildman–Crippen MR) is 143 cm³/mol. The number of nitrogens with zero attached hydrogens (tertiary/aromatic N) is 3. The van der Waals surface area contributed by atoms with Crippen molar-refractivity contribution in [1.82, 2.24) is 4.98 Å². The second kappa shape index (κ2) is 10.2. The fourth-order valence-electron chi connectivity index (χ4n) is 5.38. The number of piperidine rings is 1. The van der Waals surface area contributed by atoms with Crippen LogP contribution in [0.4, 0.5) is 17.3 Å². The maximum Gasteiger partial charge on any atom is 0.258 e. The van der Waals surface area contributed by atoms with E-state index in [2.05, 4.69) is 15.1 Å². The number of anilines is 3. The number of carbonyl (C=O) groups is 1. The van der Waals surface area contributed by atoms with E-state index in [-0.39, 0.29) is 22.7 Å². The number of nitrogens with one attached hydrogen (secondary N) is 1. The molecule has 1 aromatic carbocycles. The van der Waals surface area contributed by atoms with E-state index in [0.29, 0.717) is 29.1 Å². The van der Waals surface area contributed by atoms with E-state index in [9.17, 15) is 18.3 Å². The molecule has 3 heterocycles. The molecule has 1 spiro atoms. The van der Waals surface area contributed by atoms with Gasteiger partial charge in [-0.1, -0.05) is 0 Å². The molecule has 0 bridgehead atoms. The molecular formula is C27H36N4O5S. The molecule has 37 heavy (non-hydrogen) atoms. The Morgan fingerprint density at radius 2 is 1.89 bits per heavy atom. The van der Waals surface area contributed by atoms with Crippen LogP contribution in [-0.2, 0) is 14.6 Å². The van der Waals surface area contributed by atoms with E-state index in [4.69, 9.17) is 9.72 Å². The summed E-state index contributed by atoms with van der Waals surface area (Å²) in [5.41, 5.74) is 2.45. The summed E-state index contributed by atoms with van der Waals surface area (Å²) in [7, 11) is -3.65. The number of amides is 1. The van der Waals surface area contributed by atoms with Crippen LogP contribution in [0, 0.1) is 12.3 Å². The molecule has 200 valence electrons. The lowest BCUT2D eigenvalue weighted by atomic mass is 9.93. The first-order valence-electron chi connectivity index (χ1n) is 13.1. The molecule has 9 nitrogen and oxygen atoms in total. The van der Waals surface area contributed by atoms with Crippen molar-refractivity contribution < 1.29 is 23.1 Å². The van der Waals surface area contributed by atoms with Gasteiger partial charge in [0.25, 0.3) is 5.91 Å². The van der Waals surface area contributed by atoms with E-state index in [1.807, 2.05) is 26.0 Å². The molecule has 1 saturated carbocycles. The highest BCUT2D eigenvalue weighted by atomic mass is 32.2. The fraction of sp³-hybridized carbons (Fsp3) is 0.556. The van der Waals surface area contributed by atoms with Crippen LogP contribution in [0.5, 0.6) is 0 Å². The third kappa shape index (κ3) is 5.76. The number of benzene rings is 1. The quantitative estimate of drug-likeness (QED) is 0.564. The van der Waals surface area contributed by atoms with Gasteiger partial charge in [0.15, 0.2) is 9.84 Å². The number of hydrogen-bond acceptors (Lipinski definition) is 8. The van der Waals surface area contributed by atoms with Gasteiger partial charge in [0.05, 0.1) is 41.2 Å². The van der Waals surface area contributed by atoms with Crippen LogP contribution in [0.1, 0.15) is 48.5 Å². The Bertz CT molecular complexity index is 1270. The van der Waals surface area contributed by atoms with E-state index < -0.39 is 16.4 Å². The van der Waals surface area contributed by atoms with Gasteiger partial charge in [-0.3, -0.25) is 4.79 Å². The Morgan fingerprint density at radius 3 is 2.57 bits per heavy atom. The zero-order valence-corrected chi connectivity index (χ0v) is 22.4. The maximum atomic E-state index is 13.6. The van der Waals surface area contributed by atoms with E-state index in [1.54, 1.807) is 12.1 Å². The molecular weight excluding hydrogens is 492 g/mol. The molecule has 1 aliphatic carbocycles. The number of ether oxygens (including phenoxy) is 1. The van der Waals surface area contributed by atoms with Gasteiger partial charge < -0.3 is 25.0 Å². The Kier molecular flexibility index (Phi) is 7.17. The van der Waals surface area contributed by atoms with Crippen LogP contribution < -0.4 is 15.1 Å². The van der Waals surface area contributed by atoms with Gasteiger partial charge in [-0.2, -0.15) is 0 Å². The van der Waals surface area contributed by atoms with Crippen LogP contribution in [0.25, 0.3) is 0 Å². The fourth-order valence-corrected chi connectivity index (χ4v) is 6.42. The molecule has 3 fully saturated rings. The second-order valence-electron chi connectivity index (χ2n) is 10.7. The number of morpholine rings is 1. The Labute approximate surface area is 218 Å². The highest BCUT2D eigenvalue weighted by Gasteiger charge is 2.44. The third-order valence-corrected chi connectivity index (χ3v) is 9.51. The summed E-state index contributed by atoms with van der Waals surface area (Å²) in [6.45, 7) is 7.21. The minimum absolute atomic E-state index is 0.108. The predicted octanol–water partition coefficient (Wildman–Crippen LogP) is 3.01. The molecule has 2 N–H and O–H groups in total. The summed E-state index contributed by atoms with van der Waals surface area (Å²) in [6.07, 6.45) is 4.70. The summed E-state index contributed by atoms with van der Waals surface area (Å²) in [5.74, 6) is 0.573. The number of aryl methyl sites for hydroxylation is 1. The van der Waals surface area contributed by atoms with Crippen molar-refractivity contribution in [3.05, 3.63) is 41.5 Å². The molecule has 10 heteroatoms. The molecule has 5 rings (SSSR count). The molecule has 0 unspecified atom stereocenters. The standard InChI is InChI=1S/C27H36N4O5S/c1-19-15-24(28-25(16-19)31-11-13-36-20(2)18-31)29-26(33)22-4-3-21(37(34,35)14-12-32)17-23(22)30-9-7-27(5-6-27)8-10-30/h3-4,15-17,20,32H,5-14,18H2,1-2H3,(H,28,29,33)/t20-/m1/s1. The SMILES string of the molecule is Cc1cc(NC(=O)c2ccc(S(=O)(=O)CCO)cc2N2CCC3(CC2)CC3)nc(N2CCO[C@H](C)C2)c1. The number of pyridine rings is 1. The largest absolute Gasteiger partial charge is 0.395 e. The first-order chi connectivity index (χ1) is 17.7. The maximum absolute atomic E-state index is 13.6. The topological polar surface area (TPSA) is 112 Å². The molecule has 3 aliphatic rings. The summed E-state index contributed by atoms with van der Waals surface area (Å²) in [4.78, 5) is 22.7. The first kappa shape index (κ1) is 25.9. The molecule has 2 aliphatic heterocycles. The van der Waals surface area contributed by atoms with Crippen molar-refractivity contribution in [3.8, 4) is 0 Å². The molecule has 0 radical (unpaired) electrons. The van der Waals surface area contributed by atoms with Crippen LogP contribution in [-0.4, -0.2) is 75.7 Å². The Hall–Kier alpha value is -2.69. The van der Waals surface area contributed by atoms with Gasteiger partial charge in [-0.25, -0.2) is 13.4 Å². The zero-order valence-electron chi connectivity index (χ0n) is 21.6. The van der Waals surface area contributed by atoms with E-state index >= 15 is 0 Å². The highest BCUT2D eigenvalue weighted by molar-refractivity contribution is 7.91. The second-order valence-corrected chi connectivity index (χ2v) is 12.8. The van der Waals surface area contributed by atoms with Gasteiger partial charge in [0.2, 0.25) is 0 Å². The Morgan fingerprint density at radius 1 is 1.14 bits per heavy atom. The van der Waals surface area contributed by atoms with Crippen molar-refractivity contribution in [2.45, 2.75) is 50.5 Å². The minimum Gasteiger partial charge on any atom is -0.395 e. The monoisotopic (exact) mass is 528 g/mol. The third-order valence-electron chi connectivity index (χ3n) is 7.82. The van der Waals surface area contributed by atoms with Gasteiger partial charge in [-0.15, -0.1) is 0 Å². The van der Waals surface area contributed by atoms with Crippen LogP contribution in [0.2, 0.25) is 0 Å². The molecule has 1 atom stereocenters. The summed E-state index contributed by atoms with van der Waals surface area (Å²) >= 11 is 0. The minimum atomic E-state index is -3.65. The normalized spacial score (nSPS) is 21.2. The van der Waals surface area contributed by atoms with Crippen molar-refractivity contribution in [2.24, 2.45) is 5.41 Å². The lowest BCUT2D eigenvalue weighted by molar-refractivity contribution is 0.0529. The van der Waals surface area contributed by atoms with Crippen molar-refractivity contribution in [3.63, 3.8) is 0 Å². The molecule has 2 aromatic rings. The van der Waals surface area contributed by atoms with Crippen molar-refractivity contribution >= 4 is 33.1 Å². The highest BCUT2D eigenvalue weighted by Crippen LogP contribution is 2.54. The van der Waals surface area contributed by atoms with Gasteiger partial charge in [0.1, 0.15) is 11.6 Å². The molecule has 1 amide bonds. The molecule has 2 saturated heterocycles. The summed E-state index contributed by atoms with van der Waals surface area (Å²) < 4.78 is 31.0. The number of aliphatic hydroxyl groups is 1. The number of aromatic nitrogens is 1. The number of hydrogen-bond donors (Lipinski definition) is 2. The van der Waals surface area contributed by atoms with Crippen molar-refractivity contribution in [2.75, 3.05) is 60.3 Å². The van der Waals surface area contributed by atoms with E-state index in [1.165, 1.54) is 18.9 Å². The van der Waals surface area contributed by atoms with Crippen molar-refractivity contribution in [1.29, 1.82) is 0 Å². The molecule has 1 aromatic heterocycles. The van der Waals surface area contributed by atoms with Crippen LogP contribution >= 0.6 is 0 Å².